The largest absolute Gasteiger partial charge is 0.465 e. The highest BCUT2D eigenvalue weighted by molar-refractivity contribution is 9.10. The average molecular weight is 348 g/mol. The van der Waals surface area contributed by atoms with E-state index in [9.17, 15) is 14.0 Å². The van der Waals surface area contributed by atoms with Crippen LogP contribution in [0.15, 0.2) is 16.6 Å². The first-order valence-electron chi connectivity index (χ1n) is 5.71. The van der Waals surface area contributed by atoms with Crippen LogP contribution in [0.3, 0.4) is 0 Å². The van der Waals surface area contributed by atoms with Crippen LogP contribution in [0.4, 0.5) is 14.9 Å². The first-order valence-corrected chi connectivity index (χ1v) is 6.50. The molecule has 110 valence electrons. The minimum absolute atomic E-state index is 0.0903. The number of hydrogen-bond donors (Lipinski definition) is 1. The molecule has 0 heterocycles. The van der Waals surface area contributed by atoms with E-state index < -0.39 is 23.5 Å². The van der Waals surface area contributed by atoms with Gasteiger partial charge in [0.25, 0.3) is 0 Å². The lowest BCUT2D eigenvalue weighted by Gasteiger charge is -2.20. The molecule has 5 nitrogen and oxygen atoms in total. The zero-order valence-electron chi connectivity index (χ0n) is 11.5. The molecule has 0 bridgehead atoms. The van der Waals surface area contributed by atoms with Crippen LogP contribution in [0.25, 0.3) is 0 Å². The van der Waals surface area contributed by atoms with E-state index in [1.807, 2.05) is 0 Å². The van der Waals surface area contributed by atoms with Crippen molar-refractivity contribution in [1.29, 1.82) is 0 Å². The lowest BCUT2D eigenvalue weighted by molar-refractivity contribution is 0.0601. The number of rotatable bonds is 2. The van der Waals surface area contributed by atoms with Crippen molar-refractivity contribution in [2.24, 2.45) is 0 Å². The zero-order valence-corrected chi connectivity index (χ0v) is 13.1. The quantitative estimate of drug-likeness (QED) is 0.828. The Morgan fingerprint density at radius 2 is 1.90 bits per heavy atom. The normalized spacial score (nSPS) is 10.9. The molecular formula is C13H15BrFNO4. The lowest BCUT2D eigenvalue weighted by atomic mass is 10.1. The Morgan fingerprint density at radius 1 is 1.30 bits per heavy atom. The first-order chi connectivity index (χ1) is 9.14. The summed E-state index contributed by atoms with van der Waals surface area (Å²) in [5.74, 6) is -1.40. The molecule has 0 fully saturated rings. The van der Waals surface area contributed by atoms with Gasteiger partial charge in [-0.1, -0.05) is 0 Å². The SMILES string of the molecule is COC(=O)c1cc(F)cc(Br)c1NC(=O)OC(C)(C)C. The van der Waals surface area contributed by atoms with Gasteiger partial charge in [-0.15, -0.1) is 0 Å². The highest BCUT2D eigenvalue weighted by atomic mass is 79.9. The molecule has 0 spiro atoms. The molecule has 1 N–H and O–H groups in total. The Hall–Kier alpha value is -1.63. The smallest absolute Gasteiger partial charge is 0.412 e. The molecule has 0 radical (unpaired) electrons. The molecule has 0 aromatic heterocycles. The third-order valence-electron chi connectivity index (χ3n) is 2.09. The van der Waals surface area contributed by atoms with Gasteiger partial charge < -0.3 is 9.47 Å². The van der Waals surface area contributed by atoms with Crippen molar-refractivity contribution in [3.8, 4) is 0 Å². The Balaban J connectivity index is 3.11. The second-order valence-corrected chi connectivity index (χ2v) is 5.78. The van der Waals surface area contributed by atoms with E-state index in [4.69, 9.17) is 4.74 Å². The van der Waals surface area contributed by atoms with E-state index >= 15 is 0 Å². The highest BCUT2D eigenvalue weighted by Gasteiger charge is 2.22. The summed E-state index contributed by atoms with van der Waals surface area (Å²) in [5, 5.41) is 2.40. The number of carbonyl (C=O) groups excluding carboxylic acids is 2. The zero-order chi connectivity index (χ0) is 15.5. The molecule has 1 aromatic rings. The minimum Gasteiger partial charge on any atom is -0.465 e. The number of anilines is 1. The monoisotopic (exact) mass is 347 g/mol. The summed E-state index contributed by atoms with van der Waals surface area (Å²) >= 11 is 3.09. The van der Waals surface area contributed by atoms with Gasteiger partial charge in [-0.3, -0.25) is 5.32 Å². The maximum absolute atomic E-state index is 13.3. The summed E-state index contributed by atoms with van der Waals surface area (Å²) < 4.78 is 23.2. The van der Waals surface area contributed by atoms with Gasteiger partial charge in [-0.05, 0) is 48.8 Å². The van der Waals surface area contributed by atoms with E-state index in [-0.39, 0.29) is 15.7 Å². The number of hydrogen-bond acceptors (Lipinski definition) is 4. The second-order valence-electron chi connectivity index (χ2n) is 4.93. The van der Waals surface area contributed by atoms with E-state index in [0.29, 0.717) is 0 Å². The Labute approximate surface area is 124 Å². The van der Waals surface area contributed by atoms with E-state index in [1.54, 1.807) is 20.8 Å². The van der Waals surface area contributed by atoms with Crippen molar-refractivity contribution in [1.82, 2.24) is 0 Å². The number of nitrogens with one attached hydrogen (secondary N) is 1. The number of benzene rings is 1. The van der Waals surface area contributed by atoms with E-state index in [2.05, 4.69) is 26.0 Å². The van der Waals surface area contributed by atoms with Gasteiger partial charge in [0.2, 0.25) is 0 Å². The van der Waals surface area contributed by atoms with Crippen molar-refractivity contribution in [3.05, 3.63) is 28.0 Å². The van der Waals surface area contributed by atoms with Crippen molar-refractivity contribution >= 4 is 33.7 Å². The van der Waals surface area contributed by atoms with Gasteiger partial charge in [-0.25, -0.2) is 14.0 Å². The second kappa shape index (κ2) is 6.21. The van der Waals surface area contributed by atoms with E-state index in [0.717, 1.165) is 12.1 Å². The molecule has 1 amide bonds. The molecule has 0 saturated heterocycles. The first kappa shape index (κ1) is 16.4. The van der Waals surface area contributed by atoms with Gasteiger partial charge in [0.15, 0.2) is 0 Å². The van der Waals surface area contributed by atoms with Crippen molar-refractivity contribution in [2.75, 3.05) is 12.4 Å². The molecule has 7 heteroatoms. The topological polar surface area (TPSA) is 64.6 Å². The molecule has 1 aromatic carbocycles. The van der Waals surface area contributed by atoms with Gasteiger partial charge >= 0.3 is 12.1 Å². The molecule has 0 aliphatic carbocycles. The molecule has 0 saturated carbocycles. The van der Waals surface area contributed by atoms with Crippen molar-refractivity contribution < 1.29 is 23.5 Å². The van der Waals surface area contributed by atoms with Crippen LogP contribution in [0, 0.1) is 5.82 Å². The molecule has 0 unspecified atom stereocenters. The van der Waals surface area contributed by atoms with Crippen LogP contribution in [0.5, 0.6) is 0 Å². The van der Waals surface area contributed by atoms with Gasteiger partial charge in [0, 0.05) is 4.47 Å². The summed E-state index contributed by atoms with van der Waals surface area (Å²) in [6, 6.07) is 2.10. The number of methoxy groups -OCH3 is 1. The van der Waals surface area contributed by atoms with Gasteiger partial charge in [0.1, 0.15) is 11.4 Å². The predicted octanol–water partition coefficient (Wildman–Crippen LogP) is 3.72. The standard InChI is InChI=1S/C13H15BrFNO4/c1-13(2,3)20-12(18)16-10-8(11(17)19-4)5-7(15)6-9(10)14/h5-6H,1-4H3,(H,16,18). The van der Waals surface area contributed by atoms with Crippen molar-refractivity contribution in [3.63, 3.8) is 0 Å². The number of amides is 1. The Morgan fingerprint density at radius 3 is 2.40 bits per heavy atom. The molecule has 0 atom stereocenters. The number of halogens is 2. The number of carbonyl (C=O) groups is 2. The van der Waals surface area contributed by atoms with Crippen LogP contribution in [-0.4, -0.2) is 24.8 Å². The maximum atomic E-state index is 13.3. The third-order valence-corrected chi connectivity index (χ3v) is 2.71. The Kier molecular flexibility index (Phi) is 5.10. The number of ether oxygens (including phenoxy) is 2. The fourth-order valence-electron chi connectivity index (χ4n) is 1.38. The van der Waals surface area contributed by atoms with Crippen LogP contribution < -0.4 is 5.32 Å². The van der Waals surface area contributed by atoms with Crippen LogP contribution in [-0.2, 0) is 9.47 Å². The molecule has 1 rings (SSSR count). The fraction of sp³-hybridized carbons (Fsp3) is 0.385. The minimum atomic E-state index is -0.767. The summed E-state index contributed by atoms with van der Waals surface area (Å²) in [5.41, 5.74) is -0.708. The van der Waals surface area contributed by atoms with Crippen LogP contribution in [0.1, 0.15) is 31.1 Å². The van der Waals surface area contributed by atoms with Crippen LogP contribution in [0.2, 0.25) is 0 Å². The summed E-state index contributed by atoms with van der Waals surface area (Å²) in [7, 11) is 1.17. The average Bonchev–Trinajstić information content (AvgIpc) is 2.29. The van der Waals surface area contributed by atoms with E-state index in [1.165, 1.54) is 7.11 Å². The molecule has 0 aliphatic rings. The van der Waals surface area contributed by atoms with Crippen molar-refractivity contribution in [2.45, 2.75) is 26.4 Å². The molecule has 0 aliphatic heterocycles. The fourth-order valence-corrected chi connectivity index (χ4v) is 1.91. The predicted molar refractivity (Wildman–Crippen MR) is 75.3 cm³/mol. The van der Waals surface area contributed by atoms with Crippen LogP contribution >= 0.6 is 15.9 Å². The third kappa shape index (κ3) is 4.48. The maximum Gasteiger partial charge on any atom is 0.412 e. The van der Waals surface area contributed by atoms with Gasteiger partial charge in [0.05, 0.1) is 18.4 Å². The Bertz CT molecular complexity index is 540. The molecular weight excluding hydrogens is 333 g/mol. The lowest BCUT2D eigenvalue weighted by Crippen LogP contribution is -2.28. The van der Waals surface area contributed by atoms with Gasteiger partial charge in [-0.2, -0.15) is 0 Å². The summed E-state index contributed by atoms with van der Waals surface area (Å²) in [6.45, 7) is 5.11. The highest BCUT2D eigenvalue weighted by Crippen LogP contribution is 2.29. The summed E-state index contributed by atoms with van der Waals surface area (Å²) in [4.78, 5) is 23.3. The number of esters is 1. The summed E-state index contributed by atoms with van der Waals surface area (Å²) in [6.07, 6.45) is -0.755. The molecule has 20 heavy (non-hydrogen) atoms.